The van der Waals surface area contributed by atoms with E-state index in [0.29, 0.717) is 26.0 Å². The van der Waals surface area contributed by atoms with Crippen molar-refractivity contribution in [3.8, 4) is 0 Å². The second-order valence-corrected chi connectivity index (χ2v) is 9.97. The Balaban J connectivity index is 1.66. The highest BCUT2D eigenvalue weighted by Gasteiger charge is 2.51. The largest absolute Gasteiger partial charge is 0.522 e. The smallest absolute Gasteiger partial charge is 0.368 e. The fourth-order valence-electron chi connectivity index (χ4n) is 4.40. The molecule has 0 aromatic heterocycles. The summed E-state index contributed by atoms with van der Waals surface area (Å²) in [6, 6.07) is -2.38. The molecule has 3 fully saturated rings. The van der Waals surface area contributed by atoms with Gasteiger partial charge in [0.2, 0.25) is 17.7 Å². The van der Waals surface area contributed by atoms with Gasteiger partial charge in [-0.2, -0.15) is 0 Å². The van der Waals surface area contributed by atoms with E-state index < -0.39 is 54.7 Å². The zero-order chi connectivity index (χ0) is 25.1. The van der Waals surface area contributed by atoms with Crippen LogP contribution in [0.15, 0.2) is 0 Å². The van der Waals surface area contributed by atoms with Crippen LogP contribution in [-0.2, 0) is 28.7 Å². The Morgan fingerprint density at radius 3 is 2.44 bits per heavy atom. The topological polar surface area (TPSA) is 123 Å². The summed E-state index contributed by atoms with van der Waals surface area (Å²) in [5.74, 6) is -3.09. The van der Waals surface area contributed by atoms with Crippen LogP contribution in [0.2, 0.25) is 0 Å². The van der Waals surface area contributed by atoms with Crippen molar-refractivity contribution in [1.82, 2.24) is 16.0 Å². The van der Waals surface area contributed by atoms with E-state index in [0.717, 1.165) is 12.8 Å². The van der Waals surface area contributed by atoms with Crippen molar-refractivity contribution in [3.63, 3.8) is 0 Å². The molecule has 192 valence electrons. The maximum Gasteiger partial charge on any atom is 0.522 e. The third kappa shape index (κ3) is 7.39. The summed E-state index contributed by atoms with van der Waals surface area (Å²) >= 11 is 0. The lowest BCUT2D eigenvalue weighted by Crippen LogP contribution is -2.54. The van der Waals surface area contributed by atoms with E-state index >= 15 is 0 Å². The molecule has 4 atom stereocenters. The van der Waals surface area contributed by atoms with E-state index in [4.69, 9.17) is 4.74 Å². The van der Waals surface area contributed by atoms with Crippen molar-refractivity contribution < 1.29 is 41.8 Å². The first-order valence-corrected chi connectivity index (χ1v) is 11.6. The Morgan fingerprint density at radius 2 is 1.91 bits per heavy atom. The zero-order valence-electron chi connectivity index (χ0n) is 19.3. The molecule has 0 aromatic carbocycles. The van der Waals surface area contributed by atoms with E-state index in [-0.39, 0.29) is 30.1 Å². The van der Waals surface area contributed by atoms with Gasteiger partial charge >= 0.3 is 6.36 Å². The Labute approximate surface area is 195 Å². The van der Waals surface area contributed by atoms with Crippen molar-refractivity contribution in [3.05, 3.63) is 0 Å². The van der Waals surface area contributed by atoms with Crippen LogP contribution in [0, 0.1) is 17.3 Å². The first-order valence-electron chi connectivity index (χ1n) is 11.6. The van der Waals surface area contributed by atoms with Gasteiger partial charge in [-0.05, 0) is 49.9 Å². The van der Waals surface area contributed by atoms with Crippen molar-refractivity contribution in [2.24, 2.45) is 17.3 Å². The van der Waals surface area contributed by atoms with Gasteiger partial charge in [-0.15, -0.1) is 13.2 Å². The molecular formula is C22H32F3N3O6. The quantitative estimate of drug-likeness (QED) is 0.399. The average molecular weight is 492 g/mol. The van der Waals surface area contributed by atoms with E-state index in [2.05, 4.69) is 20.7 Å². The second-order valence-electron chi connectivity index (χ2n) is 9.97. The van der Waals surface area contributed by atoms with Gasteiger partial charge in [0.15, 0.2) is 5.78 Å². The number of carbonyl (C=O) groups is 4. The van der Waals surface area contributed by atoms with Crippen molar-refractivity contribution in [2.45, 2.75) is 76.9 Å². The number of ketones is 1. The fourth-order valence-corrected chi connectivity index (χ4v) is 4.40. The van der Waals surface area contributed by atoms with Gasteiger partial charge in [0, 0.05) is 12.5 Å². The molecule has 2 heterocycles. The average Bonchev–Trinajstić information content (AvgIpc) is 3.16. The highest BCUT2D eigenvalue weighted by molar-refractivity contribution is 5.94. The summed E-state index contributed by atoms with van der Waals surface area (Å²) in [5.41, 5.74) is 0.0651. The van der Waals surface area contributed by atoms with Crippen LogP contribution in [0.25, 0.3) is 0 Å². The maximum atomic E-state index is 13.1. The molecule has 34 heavy (non-hydrogen) atoms. The minimum absolute atomic E-state index is 0.00125. The Hall–Kier alpha value is -2.21. The van der Waals surface area contributed by atoms with Crippen LogP contribution < -0.4 is 16.0 Å². The van der Waals surface area contributed by atoms with Gasteiger partial charge < -0.3 is 20.7 Å². The standard InChI is InChI=1S/C22H32F3N3O6/c1-12(2)7-15(28-20(32)17-9-21(4-5-21)11-33-17)19(31)27-14(8-13-3-6-26-18(13)30)16(29)10-34-22(23,24)25/h12-15,17H,3-11H2,1-2H3,(H,26,30)(H,27,31)(H,28,32)/t13-,14-,15-,17?/m0/s1. The van der Waals surface area contributed by atoms with Gasteiger partial charge in [-0.25, -0.2) is 0 Å². The molecule has 1 aliphatic carbocycles. The Bertz CT molecular complexity index is 799. The van der Waals surface area contributed by atoms with E-state index in [1.54, 1.807) is 0 Å². The predicted octanol–water partition coefficient (Wildman–Crippen LogP) is 1.20. The summed E-state index contributed by atoms with van der Waals surface area (Å²) in [5, 5.41) is 7.74. The van der Waals surface area contributed by atoms with Gasteiger partial charge in [0.1, 0.15) is 18.8 Å². The summed E-state index contributed by atoms with van der Waals surface area (Å²) < 4.78 is 46.6. The minimum atomic E-state index is -5.01. The number of carbonyl (C=O) groups excluding carboxylic acids is 4. The third-order valence-electron chi connectivity index (χ3n) is 6.57. The highest BCUT2D eigenvalue weighted by atomic mass is 19.4. The molecule has 2 saturated heterocycles. The molecule has 3 amide bonds. The Morgan fingerprint density at radius 1 is 1.21 bits per heavy atom. The van der Waals surface area contributed by atoms with Crippen molar-refractivity contribution in [1.29, 1.82) is 0 Å². The first-order chi connectivity index (χ1) is 15.9. The highest BCUT2D eigenvalue weighted by Crippen LogP contribution is 2.53. The number of ether oxygens (including phenoxy) is 2. The van der Waals surface area contributed by atoms with E-state index in [9.17, 15) is 32.3 Å². The number of alkyl halides is 3. The van der Waals surface area contributed by atoms with Crippen molar-refractivity contribution >= 4 is 23.5 Å². The molecule has 3 aliphatic rings. The monoisotopic (exact) mass is 491 g/mol. The van der Waals surface area contributed by atoms with Crippen LogP contribution in [0.4, 0.5) is 13.2 Å². The molecule has 2 aliphatic heterocycles. The molecule has 0 radical (unpaired) electrons. The van der Waals surface area contributed by atoms with Crippen LogP contribution in [0.5, 0.6) is 0 Å². The molecule has 1 saturated carbocycles. The molecule has 3 rings (SSSR count). The number of hydrogen-bond donors (Lipinski definition) is 3. The first kappa shape index (κ1) is 26.4. The van der Waals surface area contributed by atoms with Crippen LogP contribution in [-0.4, -0.2) is 67.8 Å². The van der Waals surface area contributed by atoms with E-state index in [1.165, 1.54) is 0 Å². The number of rotatable bonds is 11. The third-order valence-corrected chi connectivity index (χ3v) is 6.57. The van der Waals surface area contributed by atoms with Crippen molar-refractivity contribution in [2.75, 3.05) is 19.8 Å². The number of nitrogens with one attached hydrogen (secondary N) is 3. The normalized spacial score (nSPS) is 25.2. The SMILES string of the molecule is CC(C)C[C@H](NC(=O)C1CC2(CC2)CO1)C(=O)N[C@@H](C[C@@H]1CCNC1=O)C(=O)COC(F)(F)F. The van der Waals surface area contributed by atoms with Crippen LogP contribution >= 0.6 is 0 Å². The van der Waals surface area contributed by atoms with Gasteiger partial charge in [-0.3, -0.25) is 23.9 Å². The molecule has 0 aromatic rings. The molecule has 12 heteroatoms. The molecular weight excluding hydrogens is 459 g/mol. The van der Waals surface area contributed by atoms with Gasteiger partial charge in [-0.1, -0.05) is 13.8 Å². The number of amides is 3. The van der Waals surface area contributed by atoms with Crippen LogP contribution in [0.3, 0.4) is 0 Å². The molecule has 3 N–H and O–H groups in total. The fraction of sp³-hybridized carbons (Fsp3) is 0.818. The van der Waals surface area contributed by atoms with Crippen LogP contribution in [0.1, 0.15) is 52.4 Å². The second kappa shape index (κ2) is 10.6. The maximum absolute atomic E-state index is 13.1. The minimum Gasteiger partial charge on any atom is -0.368 e. The molecule has 0 bridgehead atoms. The summed E-state index contributed by atoms with van der Waals surface area (Å²) in [4.78, 5) is 50.2. The summed E-state index contributed by atoms with van der Waals surface area (Å²) in [6.07, 6.45) is -2.59. The number of Topliss-reactive ketones (excluding diaryl/α,β-unsaturated/α-hetero) is 1. The van der Waals surface area contributed by atoms with E-state index in [1.807, 2.05) is 13.8 Å². The van der Waals surface area contributed by atoms with Gasteiger partial charge in [0.05, 0.1) is 12.6 Å². The van der Waals surface area contributed by atoms with Gasteiger partial charge in [0.25, 0.3) is 0 Å². The Kier molecular flexibility index (Phi) is 8.22. The summed E-state index contributed by atoms with van der Waals surface area (Å²) in [7, 11) is 0. The molecule has 1 spiro atoms. The number of hydrogen-bond acceptors (Lipinski definition) is 6. The lowest BCUT2D eigenvalue weighted by molar-refractivity contribution is -0.321. The zero-order valence-corrected chi connectivity index (χ0v) is 19.3. The molecule has 9 nitrogen and oxygen atoms in total. The lowest BCUT2D eigenvalue weighted by atomic mass is 9.95. The molecule has 1 unspecified atom stereocenters. The number of halogens is 3. The predicted molar refractivity (Wildman–Crippen MR) is 112 cm³/mol. The lowest BCUT2D eigenvalue weighted by Gasteiger charge is -2.26. The summed E-state index contributed by atoms with van der Waals surface area (Å²) in [6.45, 7) is 3.29.